The average molecular weight is 1110 g/mol. The second-order valence-electron chi connectivity index (χ2n) is 14.8. The number of benzene rings is 7. The maximum absolute atomic E-state index is 16.3. The smallest absolute Gasteiger partial charge is 0.349 e. The third-order valence-electron chi connectivity index (χ3n) is 10.2. The molecule has 7 rings (SSSR count). The summed E-state index contributed by atoms with van der Waals surface area (Å²) in [4.78, 5) is 25.1. The first-order valence-corrected chi connectivity index (χ1v) is 21.5. The zero-order valence-electron chi connectivity index (χ0n) is 35.6. The topological polar surface area (TPSA) is 117 Å². The van der Waals surface area contributed by atoms with E-state index in [1.165, 1.54) is 0 Å². The molecule has 9 nitrogen and oxygen atoms in total. The Bertz CT molecular complexity index is 3450. The quantitative estimate of drug-likeness (QED) is 0.0399. The highest BCUT2D eigenvalue weighted by Crippen LogP contribution is 2.60. The highest BCUT2D eigenvalue weighted by molar-refractivity contribution is 8.29. The summed E-state index contributed by atoms with van der Waals surface area (Å²) in [6.45, 7) is 0. The van der Waals surface area contributed by atoms with Crippen molar-refractivity contribution in [1.29, 1.82) is 0 Å². The summed E-state index contributed by atoms with van der Waals surface area (Å²) in [7, 11) is -3.77. The van der Waals surface area contributed by atoms with Crippen LogP contribution in [0.1, 0.15) is 15.9 Å². The summed E-state index contributed by atoms with van der Waals surface area (Å²) in [6, 6.07) is 7.10. The predicted octanol–water partition coefficient (Wildman–Crippen LogP) is 14.9. The number of carbonyl (C=O) groups excluding carboxylic acids is 1. The second-order valence-corrected chi connectivity index (χ2v) is 17.8. The molecule has 1 unspecified atom stereocenters. The van der Waals surface area contributed by atoms with Crippen molar-refractivity contribution in [2.45, 2.75) is 10.6 Å². The Morgan fingerprint density at radius 2 is 0.813 bits per heavy atom. The maximum atomic E-state index is 16.3. The summed E-state index contributed by atoms with van der Waals surface area (Å²) >= 11 is 0. The van der Waals surface area contributed by atoms with Crippen LogP contribution in [0.15, 0.2) is 59.5 Å². The Morgan fingerprint density at radius 3 is 1.20 bits per heavy atom. The molecule has 7 aromatic rings. The van der Waals surface area contributed by atoms with Crippen LogP contribution in [0.2, 0.25) is 0 Å². The summed E-state index contributed by atoms with van der Waals surface area (Å²) in [6.07, 6.45) is 0.968. The molecule has 0 aromatic heterocycles. The number of nitro benzene ring substituents is 1. The van der Waals surface area contributed by atoms with E-state index in [0.29, 0.717) is 0 Å². The van der Waals surface area contributed by atoms with Crippen LogP contribution in [0.25, 0.3) is 11.1 Å². The molecule has 0 aliphatic rings. The third kappa shape index (κ3) is 9.43. The lowest BCUT2D eigenvalue weighted by Gasteiger charge is -2.36. The highest BCUT2D eigenvalue weighted by Gasteiger charge is 2.41. The van der Waals surface area contributed by atoms with Gasteiger partial charge in [0.15, 0.2) is 34.8 Å². The number of phenolic OH excluding ortho intramolecular Hbond substituents is 1. The molecule has 0 spiro atoms. The second kappa shape index (κ2) is 20.1. The first-order valence-electron chi connectivity index (χ1n) is 19.4. The fourth-order valence-electron chi connectivity index (χ4n) is 6.60. The van der Waals surface area contributed by atoms with Gasteiger partial charge in [0.2, 0.25) is 116 Å². The van der Waals surface area contributed by atoms with Gasteiger partial charge >= 0.3 is 5.97 Å². The van der Waals surface area contributed by atoms with Gasteiger partial charge in [0.1, 0.15) is 5.75 Å². The van der Waals surface area contributed by atoms with E-state index >= 15 is 43.9 Å². The van der Waals surface area contributed by atoms with Crippen molar-refractivity contribution in [3.8, 4) is 51.4 Å². The Labute approximate surface area is 403 Å². The normalized spacial score (nSPS) is 12.6. The number of rotatable bonds is 13. The molecule has 0 amide bonds. The first kappa shape index (κ1) is 54.3. The molecule has 0 aliphatic carbocycles. The average Bonchev–Trinajstić information content (AvgIpc) is 3.38. The van der Waals surface area contributed by atoms with Gasteiger partial charge in [-0.3, -0.25) is 10.1 Å². The van der Waals surface area contributed by atoms with Crippen LogP contribution in [0, 0.1) is 126 Å². The van der Waals surface area contributed by atoms with Crippen molar-refractivity contribution in [1.82, 2.24) is 0 Å². The van der Waals surface area contributed by atoms with Crippen LogP contribution < -0.4 is 14.2 Å². The fraction of sp³-hybridized carbons (Fsp3) is 0.0444. The van der Waals surface area contributed by atoms with E-state index in [2.05, 4.69) is 4.74 Å². The summed E-state index contributed by atoms with van der Waals surface area (Å²) in [5.41, 5.74) is -7.99. The molecule has 0 saturated heterocycles. The van der Waals surface area contributed by atoms with Gasteiger partial charge in [-0.15, -0.1) is 0 Å². The number of hydrogen-bond donors (Lipinski definition) is 1. The van der Waals surface area contributed by atoms with Crippen molar-refractivity contribution in [3.63, 3.8) is 0 Å². The lowest BCUT2D eigenvalue weighted by Crippen LogP contribution is -2.17. The van der Waals surface area contributed by atoms with E-state index in [1.54, 1.807) is 0 Å². The SMILES string of the molecule is CS(Cc1ccc([N+](=O)[O-])cc1)(OC(=O)c1cc(Oc2c(F)c(F)c(F)c(F)c2F)c(Oc2c(F)c(F)c(F)c(F)c2F)c(Oc2c(F)c(F)c(F)c(F)c2F)c1-c1c(F)c(F)c(F)c(F)c1F)c1ccc(O)cc1. The molecule has 0 fully saturated rings. The number of aromatic hydroxyl groups is 1. The molecular formula is C45H15F20NO8S. The van der Waals surface area contributed by atoms with E-state index in [-0.39, 0.29) is 10.5 Å². The Hall–Kier alpha value is -8.44. The number of nitro groups is 1. The van der Waals surface area contributed by atoms with Gasteiger partial charge in [-0.25, -0.2) is 66.3 Å². The summed E-state index contributed by atoms with van der Waals surface area (Å²) in [5.74, 6) is -82.2. The van der Waals surface area contributed by atoms with E-state index in [4.69, 9.17) is 13.7 Å². The van der Waals surface area contributed by atoms with Crippen LogP contribution in [-0.2, 0) is 9.94 Å². The maximum Gasteiger partial charge on any atom is 0.349 e. The minimum atomic E-state index is -3.77. The fourth-order valence-corrected chi connectivity index (χ4v) is 8.88. The molecule has 75 heavy (non-hydrogen) atoms. The molecule has 394 valence electrons. The zero-order valence-corrected chi connectivity index (χ0v) is 36.4. The lowest BCUT2D eigenvalue weighted by molar-refractivity contribution is -0.384. The van der Waals surface area contributed by atoms with Crippen LogP contribution in [-0.4, -0.2) is 22.3 Å². The van der Waals surface area contributed by atoms with E-state index in [0.717, 1.165) is 54.8 Å². The number of carbonyl (C=O) groups is 1. The Kier molecular flexibility index (Phi) is 14.6. The largest absolute Gasteiger partial charge is 0.508 e. The van der Waals surface area contributed by atoms with Gasteiger partial charge in [0.05, 0.1) is 16.1 Å². The van der Waals surface area contributed by atoms with Crippen molar-refractivity contribution in [2.24, 2.45) is 0 Å². The predicted molar refractivity (Wildman–Crippen MR) is 213 cm³/mol. The first-order chi connectivity index (χ1) is 35.0. The van der Waals surface area contributed by atoms with Crippen molar-refractivity contribution in [2.75, 3.05) is 6.26 Å². The van der Waals surface area contributed by atoms with Crippen LogP contribution in [0.5, 0.6) is 40.2 Å². The van der Waals surface area contributed by atoms with E-state index < -0.39 is 212 Å². The molecule has 0 bridgehead atoms. The van der Waals surface area contributed by atoms with E-state index in [9.17, 15) is 63.9 Å². The number of non-ortho nitro benzene ring substituents is 1. The molecule has 1 N–H and O–H groups in total. The van der Waals surface area contributed by atoms with Crippen molar-refractivity contribution < 1.29 is 121 Å². The molecule has 7 aromatic carbocycles. The lowest BCUT2D eigenvalue weighted by atomic mass is 9.95. The summed E-state index contributed by atoms with van der Waals surface area (Å²) < 4.78 is 322. The standard InChI is InChI=1S/C45H15F20NO8S/c1-75(15-8-6-14(67)7-9-15,11-12-2-4-13(5-3-12)66(69)70)74-45(68)16-10-17(71-42-34(60)28(54)25(51)29(55)35(42)61)40(72-43-36(62)30(56)26(52)31(57)37(43)63)41(73-44-38(64)32(58)27(53)33(59)39(44)65)18(16)19-20(46)22(48)24(50)23(49)21(19)47/h2-10,67H,11H2,1H3. The minimum Gasteiger partial charge on any atom is -0.508 e. The van der Waals surface area contributed by atoms with E-state index in [1.807, 2.05) is 0 Å². The van der Waals surface area contributed by atoms with Crippen molar-refractivity contribution >= 4 is 22.0 Å². The van der Waals surface area contributed by atoms with Gasteiger partial charge < -0.3 is 23.5 Å². The molecule has 0 heterocycles. The molecule has 30 heteroatoms. The van der Waals surface area contributed by atoms with Crippen LogP contribution in [0.4, 0.5) is 93.5 Å². The number of halogens is 20. The molecular weight excluding hydrogens is 1090 g/mol. The number of ether oxygens (including phenoxy) is 3. The molecule has 1 atom stereocenters. The zero-order chi connectivity index (χ0) is 55.6. The minimum absolute atomic E-state index is 0.0591. The number of nitrogens with zero attached hydrogens (tertiary/aromatic N) is 1. The molecule has 0 aliphatic heterocycles. The van der Waals surface area contributed by atoms with Crippen molar-refractivity contribution in [3.05, 3.63) is 192 Å². The van der Waals surface area contributed by atoms with Gasteiger partial charge in [-0.2, -0.15) is 26.3 Å². The molecule has 0 saturated carbocycles. The Morgan fingerprint density at radius 1 is 0.467 bits per heavy atom. The number of hydrogen-bond acceptors (Lipinski definition) is 8. The Balaban J connectivity index is 1.70. The molecule has 0 radical (unpaired) electrons. The van der Waals surface area contributed by atoms with Gasteiger partial charge in [0, 0.05) is 40.7 Å². The van der Waals surface area contributed by atoms with Gasteiger partial charge in [-0.1, -0.05) is 22.4 Å². The highest BCUT2D eigenvalue weighted by atomic mass is 32.3. The van der Waals surface area contributed by atoms with Gasteiger partial charge in [0.25, 0.3) is 5.69 Å². The summed E-state index contributed by atoms with van der Waals surface area (Å²) in [5, 5.41) is 21.4. The van der Waals surface area contributed by atoms with Crippen LogP contribution >= 0.6 is 10.3 Å². The monoisotopic (exact) mass is 1110 g/mol. The number of phenols is 1. The van der Waals surface area contributed by atoms with Crippen LogP contribution in [0.3, 0.4) is 0 Å². The third-order valence-corrected chi connectivity index (χ3v) is 12.9. The van der Waals surface area contributed by atoms with Gasteiger partial charge in [-0.05, 0) is 29.8 Å².